The summed E-state index contributed by atoms with van der Waals surface area (Å²) in [7, 11) is 0. The highest BCUT2D eigenvalue weighted by atomic mass is 19.1. The number of hydrogen-bond acceptors (Lipinski definition) is 2. The van der Waals surface area contributed by atoms with Crippen LogP contribution in [0.4, 0.5) is 4.39 Å². The molecule has 0 aliphatic carbocycles. The van der Waals surface area contributed by atoms with Crippen LogP contribution in [-0.4, -0.2) is 37.0 Å². The molecule has 1 rings (SSSR count). The van der Waals surface area contributed by atoms with Crippen LogP contribution in [0.5, 0.6) is 0 Å². The first-order valence-corrected chi connectivity index (χ1v) is 2.63. The van der Waals surface area contributed by atoms with Crippen LogP contribution in [0.3, 0.4) is 0 Å². The average molecular weight is 117 g/mol. The Balaban J connectivity index is 2.06. The first kappa shape index (κ1) is 5.69. The van der Waals surface area contributed by atoms with Gasteiger partial charge in [-0.1, -0.05) is 0 Å². The van der Waals surface area contributed by atoms with Crippen molar-refractivity contribution in [2.45, 2.75) is 6.17 Å². The fourth-order valence-corrected chi connectivity index (χ4v) is 0.761. The fourth-order valence-electron chi connectivity index (χ4n) is 0.761. The van der Waals surface area contributed by atoms with Crippen LogP contribution in [0.25, 0.3) is 0 Å². The number of hydrogen-bond donors (Lipinski definition) is 0. The highest BCUT2D eigenvalue weighted by Gasteiger charge is 2.24. The van der Waals surface area contributed by atoms with Gasteiger partial charge >= 0.3 is 0 Å². The molecule has 1 aliphatic heterocycles. The van der Waals surface area contributed by atoms with Crippen LogP contribution in [-0.2, 0) is 4.79 Å². The number of aldehydes is 1. The zero-order valence-electron chi connectivity index (χ0n) is 4.51. The molecule has 1 aliphatic rings. The van der Waals surface area contributed by atoms with Crippen LogP contribution in [0, 0.1) is 0 Å². The predicted octanol–water partition coefficient (Wildman–Crippen LogP) is -0.161. The number of nitrogens with zero attached hydrogens (tertiary/aromatic N) is 1. The maximum atomic E-state index is 11.9. The van der Waals surface area contributed by atoms with Crippen LogP contribution >= 0.6 is 0 Å². The lowest BCUT2D eigenvalue weighted by atomic mass is 10.2. The van der Waals surface area contributed by atoms with Crippen molar-refractivity contribution in [3.8, 4) is 0 Å². The highest BCUT2D eigenvalue weighted by Crippen LogP contribution is 2.08. The third kappa shape index (κ3) is 1.04. The van der Waals surface area contributed by atoms with Crippen LogP contribution in [0.1, 0.15) is 0 Å². The van der Waals surface area contributed by atoms with E-state index in [1.54, 1.807) is 4.90 Å². The largest absolute Gasteiger partial charge is 0.302 e. The number of halogens is 1. The molecule has 0 bridgehead atoms. The molecule has 8 heavy (non-hydrogen) atoms. The molecule has 1 fully saturated rings. The van der Waals surface area contributed by atoms with Crippen LogP contribution in [0.15, 0.2) is 0 Å². The van der Waals surface area contributed by atoms with Crippen molar-refractivity contribution in [3.05, 3.63) is 0 Å². The molecule has 0 radical (unpaired) electrons. The summed E-state index contributed by atoms with van der Waals surface area (Å²) in [5, 5.41) is 0. The molecule has 1 heterocycles. The van der Waals surface area contributed by atoms with E-state index in [1.165, 1.54) is 0 Å². The van der Waals surface area contributed by atoms with E-state index in [-0.39, 0.29) is 0 Å². The van der Waals surface area contributed by atoms with E-state index in [1.807, 2.05) is 0 Å². The molecule has 0 spiro atoms. The summed E-state index contributed by atoms with van der Waals surface area (Å²) in [5.74, 6) is 0. The van der Waals surface area contributed by atoms with E-state index >= 15 is 0 Å². The molecule has 0 unspecified atom stereocenters. The monoisotopic (exact) mass is 117 g/mol. The summed E-state index contributed by atoms with van der Waals surface area (Å²) in [6, 6.07) is 0. The van der Waals surface area contributed by atoms with Gasteiger partial charge in [0.25, 0.3) is 0 Å². The molecular weight excluding hydrogens is 109 g/mol. The second-order valence-corrected chi connectivity index (χ2v) is 1.98. The lowest BCUT2D eigenvalue weighted by molar-refractivity contribution is -0.110. The summed E-state index contributed by atoms with van der Waals surface area (Å²) in [6.45, 7) is 1.28. The van der Waals surface area contributed by atoms with Gasteiger partial charge in [0.1, 0.15) is 12.5 Å². The molecule has 0 aromatic heterocycles. The van der Waals surface area contributed by atoms with Crippen molar-refractivity contribution in [2.75, 3.05) is 19.6 Å². The van der Waals surface area contributed by atoms with Crippen molar-refractivity contribution in [2.24, 2.45) is 0 Å². The number of alkyl halides is 1. The molecule has 0 aromatic rings. The molecule has 46 valence electrons. The minimum Gasteiger partial charge on any atom is -0.302 e. The summed E-state index contributed by atoms with van der Waals surface area (Å²) in [6.07, 6.45) is 0.112. The molecular formula is C5H8FNO. The smallest absolute Gasteiger partial charge is 0.133 e. The summed E-state index contributed by atoms with van der Waals surface area (Å²) >= 11 is 0. The number of carbonyl (C=O) groups is 1. The maximum Gasteiger partial charge on any atom is 0.133 e. The lowest BCUT2D eigenvalue weighted by Crippen LogP contribution is -2.48. The Morgan fingerprint density at radius 2 is 2.38 bits per heavy atom. The van der Waals surface area contributed by atoms with Crippen LogP contribution < -0.4 is 0 Å². The van der Waals surface area contributed by atoms with Crippen molar-refractivity contribution >= 4 is 6.29 Å². The molecule has 2 nitrogen and oxygen atoms in total. The Kier molecular flexibility index (Phi) is 1.58. The molecule has 1 saturated heterocycles. The van der Waals surface area contributed by atoms with Gasteiger partial charge in [0, 0.05) is 13.1 Å². The first-order chi connectivity index (χ1) is 3.83. The highest BCUT2D eigenvalue weighted by molar-refractivity contribution is 5.52. The Hall–Kier alpha value is -0.440. The van der Waals surface area contributed by atoms with E-state index < -0.39 is 6.17 Å². The molecule has 3 heteroatoms. The van der Waals surface area contributed by atoms with Crippen LogP contribution in [0.2, 0.25) is 0 Å². The van der Waals surface area contributed by atoms with Gasteiger partial charge in [0.2, 0.25) is 0 Å². The first-order valence-electron chi connectivity index (χ1n) is 2.63. The van der Waals surface area contributed by atoms with Gasteiger partial charge in [0.15, 0.2) is 0 Å². The van der Waals surface area contributed by atoms with E-state index in [4.69, 9.17) is 0 Å². The third-order valence-electron chi connectivity index (χ3n) is 1.25. The Morgan fingerprint density at radius 3 is 2.75 bits per heavy atom. The van der Waals surface area contributed by atoms with Gasteiger partial charge in [-0.05, 0) is 0 Å². The topological polar surface area (TPSA) is 20.3 Å². The number of likely N-dealkylation sites (tertiary alicyclic amines) is 1. The van der Waals surface area contributed by atoms with Crippen molar-refractivity contribution in [1.29, 1.82) is 0 Å². The van der Waals surface area contributed by atoms with Gasteiger partial charge < -0.3 is 4.79 Å². The lowest BCUT2D eigenvalue weighted by Gasteiger charge is -2.32. The molecule has 0 saturated carbocycles. The zero-order valence-corrected chi connectivity index (χ0v) is 4.51. The van der Waals surface area contributed by atoms with Gasteiger partial charge in [-0.2, -0.15) is 0 Å². The normalized spacial score (nSPS) is 22.6. The van der Waals surface area contributed by atoms with E-state index in [0.717, 1.165) is 6.29 Å². The van der Waals surface area contributed by atoms with Gasteiger partial charge in [0.05, 0.1) is 6.54 Å². The van der Waals surface area contributed by atoms with Crippen molar-refractivity contribution < 1.29 is 9.18 Å². The van der Waals surface area contributed by atoms with E-state index in [0.29, 0.717) is 19.6 Å². The predicted molar refractivity (Wildman–Crippen MR) is 27.4 cm³/mol. The third-order valence-corrected chi connectivity index (χ3v) is 1.25. The maximum absolute atomic E-state index is 11.9. The molecule has 0 amide bonds. The Labute approximate surface area is 47.3 Å². The quantitative estimate of drug-likeness (QED) is 0.468. The van der Waals surface area contributed by atoms with Gasteiger partial charge in [-0.15, -0.1) is 0 Å². The van der Waals surface area contributed by atoms with Gasteiger partial charge in [-0.3, -0.25) is 4.90 Å². The standard InChI is InChI=1S/C5H8FNO/c6-5-3-7(4-5)1-2-8/h2,5H,1,3-4H2. The molecule has 0 aromatic carbocycles. The van der Waals surface area contributed by atoms with Crippen molar-refractivity contribution in [3.63, 3.8) is 0 Å². The van der Waals surface area contributed by atoms with E-state index in [2.05, 4.69) is 0 Å². The Bertz CT molecular complexity index is 90.4. The SMILES string of the molecule is O=CCN1CC(F)C1. The molecule has 0 atom stereocenters. The fraction of sp³-hybridized carbons (Fsp3) is 0.800. The average Bonchev–Trinajstić information content (AvgIpc) is 1.64. The minimum atomic E-state index is -0.685. The van der Waals surface area contributed by atoms with E-state index in [9.17, 15) is 9.18 Å². The number of carbonyl (C=O) groups excluding carboxylic acids is 1. The summed E-state index contributed by atoms with van der Waals surface area (Å²) < 4.78 is 11.9. The van der Waals surface area contributed by atoms with Crippen molar-refractivity contribution in [1.82, 2.24) is 4.90 Å². The second kappa shape index (κ2) is 2.22. The minimum absolute atomic E-state index is 0.389. The zero-order chi connectivity index (χ0) is 5.98. The Morgan fingerprint density at radius 1 is 1.75 bits per heavy atom. The van der Waals surface area contributed by atoms with Gasteiger partial charge in [-0.25, -0.2) is 4.39 Å². The summed E-state index contributed by atoms with van der Waals surface area (Å²) in [4.78, 5) is 11.5. The molecule has 0 N–H and O–H groups in total. The second-order valence-electron chi connectivity index (χ2n) is 1.98. The number of rotatable bonds is 2. The summed E-state index contributed by atoms with van der Waals surface area (Å²) in [5.41, 5.74) is 0.